The molecule has 1 aromatic rings. The summed E-state index contributed by atoms with van der Waals surface area (Å²) in [5.74, 6) is 1.10. The molecule has 1 heterocycles. The van der Waals surface area contributed by atoms with E-state index in [1.807, 2.05) is 17.0 Å². The Morgan fingerprint density at radius 3 is 2.50 bits per heavy atom. The van der Waals surface area contributed by atoms with Crippen LogP contribution < -0.4 is 5.73 Å². The number of thioether (sulfide) groups is 1. The molecule has 3 nitrogen and oxygen atoms in total. The summed E-state index contributed by atoms with van der Waals surface area (Å²) in [6.07, 6.45) is 2.48. The van der Waals surface area contributed by atoms with Gasteiger partial charge in [0, 0.05) is 40.7 Å². The Kier molecular flexibility index (Phi) is 7.95. The predicted octanol–water partition coefficient (Wildman–Crippen LogP) is 3.30. The Morgan fingerprint density at radius 2 is 1.90 bits per heavy atom. The molecule has 1 fully saturated rings. The van der Waals surface area contributed by atoms with E-state index in [9.17, 15) is 4.79 Å². The highest BCUT2D eigenvalue weighted by Gasteiger charge is 2.19. The lowest BCUT2D eigenvalue weighted by Gasteiger charge is -2.30. The number of benzene rings is 1. The molecule has 1 aromatic carbocycles. The molecule has 0 bridgehead atoms. The fraction of sp³-hybridized carbons (Fsp3) is 0.500. The Bertz CT molecular complexity index is 422. The molecule has 2 rings (SSSR count). The smallest absolute Gasteiger partial charge is 0.223 e. The minimum absolute atomic E-state index is 0. The van der Waals surface area contributed by atoms with Crippen molar-refractivity contribution in [2.75, 3.05) is 18.8 Å². The molecule has 1 aliphatic rings. The molecule has 2 N–H and O–H groups in total. The standard InChI is InChI=1S/C14H19BrN2OS.ClH/c15-11-1-3-13(4-2-11)19-10-7-14(18)17-8-5-12(16)6-9-17;/h1-4,12H,5-10,16H2;1H. The number of amides is 1. The van der Waals surface area contributed by atoms with Crippen LogP contribution in [0.4, 0.5) is 0 Å². The van der Waals surface area contributed by atoms with Crippen LogP contribution in [0, 0.1) is 0 Å². The Labute approximate surface area is 139 Å². The van der Waals surface area contributed by atoms with Crippen LogP contribution >= 0.6 is 40.1 Å². The molecule has 0 spiro atoms. The summed E-state index contributed by atoms with van der Waals surface area (Å²) in [6, 6.07) is 8.46. The van der Waals surface area contributed by atoms with Gasteiger partial charge in [-0.1, -0.05) is 15.9 Å². The zero-order valence-corrected chi connectivity index (χ0v) is 14.5. The number of rotatable bonds is 4. The van der Waals surface area contributed by atoms with Gasteiger partial charge in [-0.3, -0.25) is 4.79 Å². The van der Waals surface area contributed by atoms with Crippen molar-refractivity contribution < 1.29 is 4.79 Å². The number of carbonyl (C=O) groups is 1. The van der Waals surface area contributed by atoms with Crippen LogP contribution in [-0.4, -0.2) is 35.7 Å². The third-order valence-electron chi connectivity index (χ3n) is 3.29. The zero-order valence-electron chi connectivity index (χ0n) is 11.3. The van der Waals surface area contributed by atoms with Gasteiger partial charge in [0.1, 0.15) is 0 Å². The van der Waals surface area contributed by atoms with Gasteiger partial charge >= 0.3 is 0 Å². The maximum Gasteiger partial charge on any atom is 0.223 e. The SMILES string of the molecule is Cl.NC1CCN(C(=O)CCSc2ccc(Br)cc2)CC1. The highest BCUT2D eigenvalue weighted by molar-refractivity contribution is 9.10. The first-order valence-corrected chi connectivity index (χ1v) is 8.35. The van der Waals surface area contributed by atoms with Crippen LogP contribution in [0.1, 0.15) is 19.3 Å². The number of hydrogen-bond acceptors (Lipinski definition) is 3. The summed E-state index contributed by atoms with van der Waals surface area (Å²) < 4.78 is 1.08. The van der Waals surface area contributed by atoms with Gasteiger partial charge in [0.15, 0.2) is 0 Å². The number of hydrogen-bond donors (Lipinski definition) is 1. The van der Waals surface area contributed by atoms with Crippen LogP contribution in [0.15, 0.2) is 33.6 Å². The maximum atomic E-state index is 12.0. The average Bonchev–Trinajstić information content (AvgIpc) is 2.41. The van der Waals surface area contributed by atoms with E-state index < -0.39 is 0 Å². The molecular weight excluding hydrogens is 360 g/mol. The Balaban J connectivity index is 0.00000200. The molecule has 6 heteroatoms. The number of nitrogens with zero attached hydrogens (tertiary/aromatic N) is 1. The molecule has 1 amide bonds. The fourth-order valence-corrected chi connectivity index (χ4v) is 3.20. The van der Waals surface area contributed by atoms with E-state index in [4.69, 9.17) is 5.73 Å². The van der Waals surface area contributed by atoms with Gasteiger partial charge in [-0.25, -0.2) is 0 Å². The molecule has 0 unspecified atom stereocenters. The second-order valence-corrected chi connectivity index (χ2v) is 6.85. The lowest BCUT2D eigenvalue weighted by atomic mass is 10.1. The van der Waals surface area contributed by atoms with Crippen molar-refractivity contribution in [1.29, 1.82) is 0 Å². The van der Waals surface area contributed by atoms with Gasteiger partial charge in [-0.2, -0.15) is 0 Å². The summed E-state index contributed by atoms with van der Waals surface area (Å²) in [5, 5.41) is 0. The van der Waals surface area contributed by atoms with E-state index in [1.54, 1.807) is 11.8 Å². The molecule has 0 atom stereocenters. The van der Waals surface area contributed by atoms with Crippen LogP contribution in [0.25, 0.3) is 0 Å². The van der Waals surface area contributed by atoms with Gasteiger partial charge in [0.2, 0.25) is 5.91 Å². The first kappa shape index (κ1) is 17.8. The quantitative estimate of drug-likeness (QED) is 0.816. The van der Waals surface area contributed by atoms with Gasteiger partial charge in [-0.05, 0) is 37.1 Å². The second-order valence-electron chi connectivity index (χ2n) is 4.77. The van der Waals surface area contributed by atoms with Crippen LogP contribution in [-0.2, 0) is 4.79 Å². The van der Waals surface area contributed by atoms with E-state index in [0.717, 1.165) is 36.2 Å². The topological polar surface area (TPSA) is 46.3 Å². The molecule has 20 heavy (non-hydrogen) atoms. The third-order valence-corrected chi connectivity index (χ3v) is 4.83. The lowest BCUT2D eigenvalue weighted by molar-refractivity contribution is -0.131. The molecule has 0 aliphatic carbocycles. The monoisotopic (exact) mass is 378 g/mol. The van der Waals surface area contributed by atoms with E-state index in [2.05, 4.69) is 28.1 Å². The van der Waals surface area contributed by atoms with Crippen molar-refractivity contribution in [3.63, 3.8) is 0 Å². The zero-order chi connectivity index (χ0) is 13.7. The van der Waals surface area contributed by atoms with Crippen LogP contribution in [0.3, 0.4) is 0 Å². The molecule has 0 aromatic heterocycles. The normalized spacial score (nSPS) is 15.8. The predicted molar refractivity (Wildman–Crippen MR) is 90.5 cm³/mol. The summed E-state index contributed by atoms with van der Waals surface area (Å²) in [6.45, 7) is 1.64. The summed E-state index contributed by atoms with van der Waals surface area (Å²) in [5.41, 5.74) is 5.84. The largest absolute Gasteiger partial charge is 0.343 e. The highest BCUT2D eigenvalue weighted by Crippen LogP contribution is 2.21. The van der Waals surface area contributed by atoms with Crippen LogP contribution in [0.5, 0.6) is 0 Å². The van der Waals surface area contributed by atoms with Crippen molar-refractivity contribution in [1.82, 2.24) is 4.90 Å². The third kappa shape index (κ3) is 5.64. The fourth-order valence-electron chi connectivity index (χ4n) is 2.09. The minimum Gasteiger partial charge on any atom is -0.343 e. The van der Waals surface area contributed by atoms with Gasteiger partial charge in [-0.15, -0.1) is 24.2 Å². The summed E-state index contributed by atoms with van der Waals surface area (Å²) in [7, 11) is 0. The molecule has 1 saturated heterocycles. The second kappa shape index (κ2) is 8.93. The van der Waals surface area contributed by atoms with E-state index in [1.165, 1.54) is 4.90 Å². The summed E-state index contributed by atoms with van der Waals surface area (Å²) in [4.78, 5) is 15.2. The number of nitrogens with two attached hydrogens (primary N) is 1. The number of halogens is 2. The van der Waals surface area contributed by atoms with Crippen molar-refractivity contribution in [3.8, 4) is 0 Å². The molecule has 0 radical (unpaired) electrons. The van der Waals surface area contributed by atoms with Crippen molar-refractivity contribution in [2.45, 2.75) is 30.2 Å². The molecule has 1 aliphatic heterocycles. The van der Waals surface area contributed by atoms with Gasteiger partial charge < -0.3 is 10.6 Å². The maximum absolute atomic E-state index is 12.0. The number of likely N-dealkylation sites (tertiary alicyclic amines) is 1. The number of piperidine rings is 1. The first-order valence-electron chi connectivity index (χ1n) is 6.57. The lowest BCUT2D eigenvalue weighted by Crippen LogP contribution is -2.42. The average molecular weight is 380 g/mol. The molecular formula is C14H20BrClN2OS. The highest BCUT2D eigenvalue weighted by atomic mass is 79.9. The van der Waals surface area contributed by atoms with E-state index >= 15 is 0 Å². The molecule has 0 saturated carbocycles. The van der Waals surface area contributed by atoms with E-state index in [0.29, 0.717) is 6.42 Å². The Hall–Kier alpha value is -0.230. The summed E-state index contributed by atoms with van der Waals surface area (Å²) >= 11 is 5.14. The van der Waals surface area contributed by atoms with E-state index in [-0.39, 0.29) is 24.4 Å². The Morgan fingerprint density at radius 1 is 1.30 bits per heavy atom. The van der Waals surface area contributed by atoms with Crippen molar-refractivity contribution in [2.24, 2.45) is 5.73 Å². The van der Waals surface area contributed by atoms with Crippen LogP contribution in [0.2, 0.25) is 0 Å². The molecule has 112 valence electrons. The first-order chi connectivity index (χ1) is 9.15. The van der Waals surface area contributed by atoms with Crippen molar-refractivity contribution >= 4 is 46.0 Å². The minimum atomic E-state index is 0. The van der Waals surface area contributed by atoms with Gasteiger partial charge in [0.25, 0.3) is 0 Å². The van der Waals surface area contributed by atoms with Crippen molar-refractivity contribution in [3.05, 3.63) is 28.7 Å². The number of carbonyl (C=O) groups excluding carboxylic acids is 1. The van der Waals surface area contributed by atoms with Gasteiger partial charge in [0.05, 0.1) is 0 Å².